The Bertz CT molecular complexity index is 776. The highest BCUT2D eigenvalue weighted by Gasteiger charge is 2.36. The summed E-state index contributed by atoms with van der Waals surface area (Å²) in [5, 5.41) is 17.9. The van der Waals surface area contributed by atoms with Gasteiger partial charge in [-0.1, -0.05) is 24.3 Å². The number of aromatic carboxylic acids is 2. The fourth-order valence-corrected chi connectivity index (χ4v) is 2.31. The minimum Gasteiger partial charge on any atom is -0.478 e. The summed E-state index contributed by atoms with van der Waals surface area (Å²) in [5.41, 5.74) is -0.331. The van der Waals surface area contributed by atoms with Crippen LogP contribution >= 0.6 is 0 Å². The first-order valence-electron chi connectivity index (χ1n) is 7.06. The number of carbonyl (C=O) groups is 3. The van der Waals surface area contributed by atoms with Crippen molar-refractivity contribution in [3.63, 3.8) is 0 Å². The van der Waals surface area contributed by atoms with Crippen LogP contribution in [0.25, 0.3) is 0 Å². The molecule has 0 aliphatic carbocycles. The Balaban J connectivity index is 2.38. The van der Waals surface area contributed by atoms with E-state index in [1.165, 1.54) is 55.6 Å². The predicted molar refractivity (Wildman–Crippen MR) is 85.5 cm³/mol. The van der Waals surface area contributed by atoms with Crippen LogP contribution in [-0.4, -0.2) is 35.0 Å². The summed E-state index contributed by atoms with van der Waals surface area (Å²) < 4.78 is 5.40. The molecule has 2 aromatic carbocycles. The van der Waals surface area contributed by atoms with Crippen LogP contribution in [0.5, 0.6) is 0 Å². The second-order valence-electron chi connectivity index (χ2n) is 5.33. The molecule has 6 nitrogen and oxygen atoms in total. The monoisotopic (exact) mass is 328 g/mol. The molecule has 0 bridgehead atoms. The Morgan fingerprint density at radius 2 is 1.17 bits per heavy atom. The van der Waals surface area contributed by atoms with E-state index < -0.39 is 17.5 Å². The molecule has 24 heavy (non-hydrogen) atoms. The molecule has 1 atom stereocenters. The van der Waals surface area contributed by atoms with Gasteiger partial charge in [0.1, 0.15) is 0 Å². The Morgan fingerprint density at radius 3 is 1.54 bits per heavy atom. The predicted octanol–water partition coefficient (Wildman–Crippen LogP) is 2.83. The molecule has 0 saturated carbocycles. The quantitative estimate of drug-likeness (QED) is 0.791. The normalized spacial score (nSPS) is 13.1. The summed E-state index contributed by atoms with van der Waals surface area (Å²) in [5.74, 6) is -2.49. The molecule has 124 valence electrons. The van der Waals surface area contributed by atoms with Crippen LogP contribution in [0, 0.1) is 0 Å². The average Bonchev–Trinajstić information content (AvgIpc) is 2.60. The van der Waals surface area contributed by atoms with Crippen molar-refractivity contribution in [2.24, 2.45) is 0 Å². The van der Waals surface area contributed by atoms with E-state index in [9.17, 15) is 14.4 Å². The maximum absolute atomic E-state index is 12.8. The molecular weight excluding hydrogens is 312 g/mol. The molecule has 1 unspecified atom stereocenters. The Labute approximate surface area is 138 Å². The van der Waals surface area contributed by atoms with Crippen molar-refractivity contribution in [3.8, 4) is 0 Å². The van der Waals surface area contributed by atoms with Crippen LogP contribution in [0.15, 0.2) is 48.5 Å². The Morgan fingerprint density at radius 1 is 0.792 bits per heavy atom. The lowest BCUT2D eigenvalue weighted by molar-refractivity contribution is 0.0101. The number of carbonyl (C=O) groups excluding carboxylic acids is 1. The summed E-state index contributed by atoms with van der Waals surface area (Å²) in [6.07, 6.45) is 0. The van der Waals surface area contributed by atoms with E-state index in [0.717, 1.165) is 0 Å². The minimum absolute atomic E-state index is 0.0801. The summed E-state index contributed by atoms with van der Waals surface area (Å²) in [6, 6.07) is 11.4. The summed E-state index contributed by atoms with van der Waals surface area (Å²) in [4.78, 5) is 34.6. The van der Waals surface area contributed by atoms with E-state index in [1.54, 1.807) is 6.92 Å². The zero-order valence-corrected chi connectivity index (χ0v) is 13.1. The third-order valence-electron chi connectivity index (χ3n) is 3.92. The van der Waals surface area contributed by atoms with E-state index in [2.05, 4.69) is 0 Å². The number of carboxylic acid groups (broad SMARTS) is 2. The molecule has 0 saturated heterocycles. The van der Waals surface area contributed by atoms with Crippen LogP contribution < -0.4 is 0 Å². The lowest BCUT2D eigenvalue weighted by Crippen LogP contribution is -2.34. The van der Waals surface area contributed by atoms with Crippen molar-refractivity contribution in [2.45, 2.75) is 12.5 Å². The van der Waals surface area contributed by atoms with Gasteiger partial charge in [-0.2, -0.15) is 0 Å². The van der Waals surface area contributed by atoms with Crippen LogP contribution in [0.4, 0.5) is 0 Å². The number of hydrogen-bond donors (Lipinski definition) is 2. The lowest BCUT2D eigenvalue weighted by atomic mass is 9.86. The van der Waals surface area contributed by atoms with Gasteiger partial charge in [-0.25, -0.2) is 9.59 Å². The third kappa shape index (κ3) is 3.18. The number of Topliss-reactive ketones (excluding diaryl/α,β-unsaturated/α-hetero) is 1. The highest BCUT2D eigenvalue weighted by molar-refractivity contribution is 6.03. The topological polar surface area (TPSA) is 101 Å². The first kappa shape index (κ1) is 17.4. The Hall–Kier alpha value is -2.99. The van der Waals surface area contributed by atoms with Crippen LogP contribution in [0.3, 0.4) is 0 Å². The van der Waals surface area contributed by atoms with Crippen molar-refractivity contribution < 1.29 is 29.3 Å². The number of hydrogen-bond acceptors (Lipinski definition) is 4. The number of ether oxygens (including phenoxy) is 1. The van der Waals surface area contributed by atoms with E-state index in [-0.39, 0.29) is 16.9 Å². The lowest BCUT2D eigenvalue weighted by Gasteiger charge is -2.27. The van der Waals surface area contributed by atoms with Gasteiger partial charge in [-0.05, 0) is 36.8 Å². The number of benzene rings is 2. The molecular formula is C18H16O6. The van der Waals surface area contributed by atoms with E-state index in [4.69, 9.17) is 14.9 Å². The van der Waals surface area contributed by atoms with Crippen molar-refractivity contribution >= 4 is 17.7 Å². The van der Waals surface area contributed by atoms with Gasteiger partial charge in [0.05, 0.1) is 11.1 Å². The van der Waals surface area contributed by atoms with Crippen LogP contribution in [0.1, 0.15) is 43.6 Å². The summed E-state index contributed by atoms with van der Waals surface area (Å²) >= 11 is 0. The molecule has 0 aromatic heterocycles. The zero-order chi connectivity index (χ0) is 17.9. The maximum atomic E-state index is 12.8. The van der Waals surface area contributed by atoms with Crippen LogP contribution in [0.2, 0.25) is 0 Å². The van der Waals surface area contributed by atoms with Gasteiger partial charge in [0.15, 0.2) is 11.4 Å². The SMILES string of the molecule is COC(C)(C(=O)c1ccc(C(=O)O)cc1)c1ccc(C(=O)O)cc1. The number of ketones is 1. The van der Waals surface area contributed by atoms with Gasteiger partial charge >= 0.3 is 11.9 Å². The fraction of sp³-hybridized carbons (Fsp3) is 0.167. The smallest absolute Gasteiger partial charge is 0.335 e. The molecule has 0 aliphatic rings. The van der Waals surface area contributed by atoms with Gasteiger partial charge in [0, 0.05) is 12.7 Å². The second-order valence-corrected chi connectivity index (χ2v) is 5.33. The van der Waals surface area contributed by atoms with E-state index >= 15 is 0 Å². The highest BCUT2D eigenvalue weighted by Crippen LogP contribution is 2.29. The molecule has 2 N–H and O–H groups in total. The standard InChI is InChI=1S/C18H16O6/c1-18(24-2,14-9-7-13(8-10-14)17(22)23)15(19)11-3-5-12(6-4-11)16(20)21/h3-10H,1-2H3,(H,20,21)(H,22,23). The summed E-state index contributed by atoms with van der Waals surface area (Å²) in [6.45, 7) is 1.58. The first-order valence-corrected chi connectivity index (χ1v) is 7.06. The average molecular weight is 328 g/mol. The molecule has 6 heteroatoms. The van der Waals surface area contributed by atoms with Gasteiger partial charge in [-0.3, -0.25) is 4.79 Å². The molecule has 2 aromatic rings. The van der Waals surface area contributed by atoms with Gasteiger partial charge < -0.3 is 14.9 Å². The van der Waals surface area contributed by atoms with Crippen LogP contribution in [-0.2, 0) is 10.3 Å². The molecule has 0 amide bonds. The second kappa shape index (κ2) is 6.64. The maximum Gasteiger partial charge on any atom is 0.335 e. The molecule has 0 aliphatic heterocycles. The number of carboxylic acids is 2. The van der Waals surface area contributed by atoms with Gasteiger partial charge in [0.25, 0.3) is 0 Å². The molecule has 0 radical (unpaired) electrons. The van der Waals surface area contributed by atoms with E-state index in [1.807, 2.05) is 0 Å². The van der Waals surface area contributed by atoms with E-state index in [0.29, 0.717) is 11.1 Å². The van der Waals surface area contributed by atoms with Crippen molar-refractivity contribution in [2.75, 3.05) is 7.11 Å². The molecule has 0 heterocycles. The Kier molecular flexibility index (Phi) is 4.80. The number of methoxy groups -OCH3 is 1. The third-order valence-corrected chi connectivity index (χ3v) is 3.92. The molecule has 2 rings (SSSR count). The minimum atomic E-state index is -1.32. The largest absolute Gasteiger partial charge is 0.478 e. The zero-order valence-electron chi connectivity index (χ0n) is 13.1. The molecule has 0 fully saturated rings. The van der Waals surface area contributed by atoms with Gasteiger partial charge in [-0.15, -0.1) is 0 Å². The summed E-state index contributed by atoms with van der Waals surface area (Å²) in [7, 11) is 1.38. The van der Waals surface area contributed by atoms with Crippen molar-refractivity contribution in [3.05, 3.63) is 70.8 Å². The molecule has 0 spiro atoms. The number of rotatable bonds is 6. The van der Waals surface area contributed by atoms with Crippen molar-refractivity contribution in [1.82, 2.24) is 0 Å². The fourth-order valence-electron chi connectivity index (χ4n) is 2.31. The first-order chi connectivity index (χ1) is 11.3. The van der Waals surface area contributed by atoms with Gasteiger partial charge in [0.2, 0.25) is 0 Å². The van der Waals surface area contributed by atoms with Crippen molar-refractivity contribution in [1.29, 1.82) is 0 Å². The highest BCUT2D eigenvalue weighted by atomic mass is 16.5.